The number of carbonyl (C=O) groups is 1. The predicted octanol–water partition coefficient (Wildman–Crippen LogP) is 2.87. The van der Waals surface area contributed by atoms with Crippen molar-refractivity contribution in [2.24, 2.45) is 11.8 Å². The highest BCUT2D eigenvalue weighted by Crippen LogP contribution is 2.29. The van der Waals surface area contributed by atoms with Crippen LogP contribution in [-0.4, -0.2) is 37.0 Å². The summed E-state index contributed by atoms with van der Waals surface area (Å²) in [6, 6.07) is 15.8. The van der Waals surface area contributed by atoms with E-state index in [1.165, 1.54) is 5.56 Å². The van der Waals surface area contributed by atoms with Crippen molar-refractivity contribution in [1.82, 2.24) is 10.2 Å². The lowest BCUT2D eigenvalue weighted by Gasteiger charge is -2.19. The third-order valence-electron chi connectivity index (χ3n) is 5.44. The Morgan fingerprint density at radius 3 is 2.52 bits per heavy atom. The number of nitrogens with zero attached hydrogens (tertiary/aromatic N) is 1. The first-order chi connectivity index (χ1) is 12.2. The van der Waals surface area contributed by atoms with Crippen LogP contribution < -0.4 is 10.1 Å². The highest BCUT2D eigenvalue weighted by molar-refractivity contribution is 5.97. The quantitative estimate of drug-likeness (QED) is 0.933. The lowest BCUT2D eigenvalue weighted by Crippen LogP contribution is -2.32. The minimum absolute atomic E-state index is 0.0924. The number of hydrogen-bond donors (Lipinski definition) is 1. The molecule has 2 heterocycles. The molecule has 0 aliphatic carbocycles. The van der Waals surface area contributed by atoms with Gasteiger partial charge in [0.1, 0.15) is 12.4 Å². The van der Waals surface area contributed by atoms with Crippen LogP contribution in [0.3, 0.4) is 0 Å². The average Bonchev–Trinajstić information content (AvgIpc) is 3.23. The van der Waals surface area contributed by atoms with E-state index in [1.54, 1.807) is 0 Å². The first-order valence-electron chi connectivity index (χ1n) is 8.98. The summed E-state index contributed by atoms with van der Waals surface area (Å²) in [6.07, 6.45) is 0. The van der Waals surface area contributed by atoms with Gasteiger partial charge in [-0.1, -0.05) is 36.4 Å². The molecule has 2 aliphatic heterocycles. The molecule has 0 aromatic heterocycles. The second-order valence-electron chi connectivity index (χ2n) is 7.10. The summed E-state index contributed by atoms with van der Waals surface area (Å²) < 4.78 is 6.02. The molecular formula is C21H24N2O2. The van der Waals surface area contributed by atoms with E-state index in [0.717, 1.165) is 31.7 Å². The van der Waals surface area contributed by atoms with Crippen molar-refractivity contribution in [3.05, 3.63) is 65.2 Å². The van der Waals surface area contributed by atoms with E-state index in [1.807, 2.05) is 41.3 Å². The molecule has 0 saturated carbocycles. The minimum atomic E-state index is 0.0924. The first kappa shape index (κ1) is 16.2. The van der Waals surface area contributed by atoms with Crippen molar-refractivity contribution in [2.75, 3.05) is 26.2 Å². The van der Waals surface area contributed by atoms with Crippen LogP contribution in [0.25, 0.3) is 0 Å². The maximum Gasteiger partial charge on any atom is 0.257 e. The maximum atomic E-state index is 13.0. The molecule has 130 valence electrons. The van der Waals surface area contributed by atoms with Crippen molar-refractivity contribution in [2.45, 2.75) is 13.5 Å². The Hall–Kier alpha value is -2.33. The Morgan fingerprint density at radius 1 is 1.08 bits per heavy atom. The molecule has 2 aliphatic rings. The van der Waals surface area contributed by atoms with E-state index in [0.29, 0.717) is 29.8 Å². The van der Waals surface area contributed by atoms with Crippen LogP contribution in [0, 0.1) is 18.8 Å². The van der Waals surface area contributed by atoms with Gasteiger partial charge in [0.15, 0.2) is 0 Å². The highest BCUT2D eigenvalue weighted by atomic mass is 16.5. The number of nitrogens with one attached hydrogen (secondary N) is 1. The SMILES string of the molecule is Cc1ccccc1COc1ccccc1C(=O)N1C[C@H]2CNC[C@H]2C1. The Kier molecular flexibility index (Phi) is 4.45. The van der Waals surface area contributed by atoms with Crippen LogP contribution >= 0.6 is 0 Å². The zero-order valence-electron chi connectivity index (χ0n) is 14.6. The van der Waals surface area contributed by atoms with Gasteiger partial charge in [0.2, 0.25) is 0 Å². The number of hydrogen-bond acceptors (Lipinski definition) is 3. The van der Waals surface area contributed by atoms with Gasteiger partial charge in [0.05, 0.1) is 5.56 Å². The fraction of sp³-hybridized carbons (Fsp3) is 0.381. The smallest absolute Gasteiger partial charge is 0.257 e. The number of para-hydroxylation sites is 1. The second-order valence-corrected chi connectivity index (χ2v) is 7.10. The topological polar surface area (TPSA) is 41.6 Å². The van der Waals surface area contributed by atoms with Gasteiger partial charge >= 0.3 is 0 Å². The van der Waals surface area contributed by atoms with E-state index in [2.05, 4.69) is 24.4 Å². The van der Waals surface area contributed by atoms with Crippen LogP contribution in [0.1, 0.15) is 21.5 Å². The average molecular weight is 336 g/mol. The molecule has 0 radical (unpaired) electrons. The van der Waals surface area contributed by atoms with Gasteiger partial charge in [-0.15, -0.1) is 0 Å². The third-order valence-corrected chi connectivity index (χ3v) is 5.44. The van der Waals surface area contributed by atoms with E-state index in [4.69, 9.17) is 4.74 Å². The normalized spacial score (nSPS) is 22.0. The van der Waals surface area contributed by atoms with E-state index >= 15 is 0 Å². The second kappa shape index (κ2) is 6.89. The van der Waals surface area contributed by atoms with Gasteiger partial charge in [-0.2, -0.15) is 0 Å². The van der Waals surface area contributed by atoms with Gasteiger partial charge in [-0.3, -0.25) is 4.79 Å². The van der Waals surface area contributed by atoms with Gasteiger partial charge < -0.3 is 15.0 Å². The fourth-order valence-electron chi connectivity index (χ4n) is 3.89. The van der Waals surface area contributed by atoms with Crippen LogP contribution in [0.15, 0.2) is 48.5 Å². The minimum Gasteiger partial charge on any atom is -0.488 e. The van der Waals surface area contributed by atoms with Crippen molar-refractivity contribution in [3.63, 3.8) is 0 Å². The summed E-state index contributed by atoms with van der Waals surface area (Å²) in [5.74, 6) is 1.97. The lowest BCUT2D eigenvalue weighted by molar-refractivity contribution is 0.0777. The molecule has 4 nitrogen and oxygen atoms in total. The summed E-state index contributed by atoms with van der Waals surface area (Å²) in [5.41, 5.74) is 3.02. The number of rotatable bonds is 4. The predicted molar refractivity (Wildman–Crippen MR) is 97.7 cm³/mol. The number of benzene rings is 2. The molecule has 25 heavy (non-hydrogen) atoms. The zero-order valence-corrected chi connectivity index (χ0v) is 14.6. The van der Waals surface area contributed by atoms with Crippen LogP contribution in [0.5, 0.6) is 5.75 Å². The van der Waals surface area contributed by atoms with Gasteiger partial charge in [-0.05, 0) is 42.0 Å². The zero-order chi connectivity index (χ0) is 17.2. The van der Waals surface area contributed by atoms with Crippen molar-refractivity contribution >= 4 is 5.91 Å². The number of fused-ring (bicyclic) bond motifs is 1. The highest BCUT2D eigenvalue weighted by Gasteiger charge is 2.38. The Balaban J connectivity index is 1.49. The largest absolute Gasteiger partial charge is 0.488 e. The molecule has 2 aromatic rings. The fourth-order valence-corrected chi connectivity index (χ4v) is 3.89. The van der Waals surface area contributed by atoms with Crippen molar-refractivity contribution in [3.8, 4) is 5.75 Å². The van der Waals surface area contributed by atoms with Crippen LogP contribution in [0.4, 0.5) is 0 Å². The van der Waals surface area contributed by atoms with Crippen LogP contribution in [0.2, 0.25) is 0 Å². The molecule has 1 N–H and O–H groups in total. The summed E-state index contributed by atoms with van der Waals surface area (Å²) in [6.45, 7) is 6.31. The molecular weight excluding hydrogens is 312 g/mol. The maximum absolute atomic E-state index is 13.0. The monoisotopic (exact) mass is 336 g/mol. The standard InChI is InChI=1S/C21H24N2O2/c1-15-6-2-3-7-16(15)14-25-20-9-5-4-8-19(20)21(24)23-12-17-10-22-11-18(17)13-23/h2-9,17-18,22H,10-14H2,1H3/t17-,18+. The molecule has 4 heteroatoms. The van der Waals surface area contributed by atoms with Crippen molar-refractivity contribution < 1.29 is 9.53 Å². The number of carbonyl (C=O) groups excluding carboxylic acids is 1. The molecule has 0 bridgehead atoms. The van der Waals surface area contributed by atoms with Crippen LogP contribution in [-0.2, 0) is 6.61 Å². The lowest BCUT2D eigenvalue weighted by atomic mass is 10.0. The van der Waals surface area contributed by atoms with E-state index in [9.17, 15) is 4.79 Å². The molecule has 2 atom stereocenters. The number of amides is 1. The molecule has 1 amide bonds. The molecule has 2 aromatic carbocycles. The summed E-state index contributed by atoms with van der Waals surface area (Å²) in [4.78, 5) is 15.0. The Morgan fingerprint density at radius 2 is 1.76 bits per heavy atom. The molecule has 2 fully saturated rings. The summed E-state index contributed by atoms with van der Waals surface area (Å²) >= 11 is 0. The summed E-state index contributed by atoms with van der Waals surface area (Å²) in [7, 11) is 0. The Labute approximate surface area is 148 Å². The third kappa shape index (κ3) is 3.27. The van der Waals surface area contributed by atoms with Gasteiger partial charge in [0, 0.05) is 26.2 Å². The number of aryl methyl sites for hydroxylation is 1. The molecule has 4 rings (SSSR count). The number of likely N-dealkylation sites (tertiary alicyclic amines) is 1. The van der Waals surface area contributed by atoms with Gasteiger partial charge in [0.25, 0.3) is 5.91 Å². The van der Waals surface area contributed by atoms with E-state index < -0.39 is 0 Å². The Bertz CT molecular complexity index is 762. The van der Waals surface area contributed by atoms with E-state index in [-0.39, 0.29) is 5.91 Å². The number of ether oxygens (including phenoxy) is 1. The molecule has 0 spiro atoms. The summed E-state index contributed by atoms with van der Waals surface area (Å²) in [5, 5.41) is 3.42. The molecule has 0 unspecified atom stereocenters. The van der Waals surface area contributed by atoms with Gasteiger partial charge in [-0.25, -0.2) is 0 Å². The first-order valence-corrected chi connectivity index (χ1v) is 8.98. The molecule has 2 saturated heterocycles. The van der Waals surface area contributed by atoms with Crippen molar-refractivity contribution in [1.29, 1.82) is 0 Å².